The van der Waals surface area contributed by atoms with E-state index in [0.717, 1.165) is 18.5 Å². The average Bonchev–Trinajstić information content (AvgIpc) is 3.09. The van der Waals surface area contributed by atoms with E-state index in [-0.39, 0.29) is 0 Å². The van der Waals surface area contributed by atoms with Crippen LogP contribution < -0.4 is 5.32 Å². The van der Waals surface area contributed by atoms with Crippen LogP contribution in [0.1, 0.15) is 45.4 Å². The third-order valence-corrected chi connectivity index (χ3v) is 5.18. The van der Waals surface area contributed by atoms with Gasteiger partial charge in [0, 0.05) is 19.1 Å². The maximum atomic E-state index is 3.96. The molecular weight excluding hydrogens is 220 g/mol. The first-order valence-electron chi connectivity index (χ1n) is 7.75. The molecule has 18 heavy (non-hydrogen) atoms. The first-order valence-corrected chi connectivity index (χ1v) is 7.75. The molecule has 2 aliphatic carbocycles. The zero-order valence-electron chi connectivity index (χ0n) is 11.9. The Morgan fingerprint density at radius 2 is 1.94 bits per heavy atom. The Kier molecular flexibility index (Phi) is 3.50. The summed E-state index contributed by atoms with van der Waals surface area (Å²) in [6.07, 6.45) is 8.72. The first kappa shape index (κ1) is 12.7. The fourth-order valence-electron chi connectivity index (χ4n) is 3.73. The SMILES string of the molecule is C=C(C)CNC1CC2(CCN(CC3CC3)CC2)C1. The van der Waals surface area contributed by atoms with Crippen molar-refractivity contribution >= 4 is 0 Å². The summed E-state index contributed by atoms with van der Waals surface area (Å²) in [5.41, 5.74) is 1.97. The number of hydrogen-bond donors (Lipinski definition) is 1. The van der Waals surface area contributed by atoms with Crippen LogP contribution in [-0.2, 0) is 0 Å². The van der Waals surface area contributed by atoms with E-state index in [2.05, 4.69) is 23.7 Å². The predicted molar refractivity (Wildman–Crippen MR) is 76.7 cm³/mol. The second-order valence-corrected chi connectivity index (χ2v) is 7.19. The Morgan fingerprint density at radius 1 is 1.28 bits per heavy atom. The van der Waals surface area contributed by atoms with Gasteiger partial charge in [-0.2, -0.15) is 0 Å². The Morgan fingerprint density at radius 3 is 2.50 bits per heavy atom. The molecular formula is C16H28N2. The van der Waals surface area contributed by atoms with Crippen LogP contribution in [0.25, 0.3) is 0 Å². The van der Waals surface area contributed by atoms with E-state index >= 15 is 0 Å². The topological polar surface area (TPSA) is 15.3 Å². The molecule has 1 spiro atoms. The second kappa shape index (κ2) is 4.97. The van der Waals surface area contributed by atoms with Gasteiger partial charge < -0.3 is 10.2 Å². The highest BCUT2D eigenvalue weighted by Crippen LogP contribution is 2.49. The molecule has 1 N–H and O–H groups in total. The molecule has 2 saturated carbocycles. The van der Waals surface area contributed by atoms with Crippen LogP contribution in [-0.4, -0.2) is 37.1 Å². The molecule has 1 saturated heterocycles. The van der Waals surface area contributed by atoms with Crippen molar-refractivity contribution in [1.29, 1.82) is 0 Å². The van der Waals surface area contributed by atoms with Crippen LogP contribution in [0.2, 0.25) is 0 Å². The smallest absolute Gasteiger partial charge is 0.0161 e. The highest BCUT2D eigenvalue weighted by atomic mass is 15.1. The van der Waals surface area contributed by atoms with Gasteiger partial charge in [-0.25, -0.2) is 0 Å². The van der Waals surface area contributed by atoms with Gasteiger partial charge in [-0.05, 0) is 69.9 Å². The molecule has 0 amide bonds. The molecule has 0 bridgehead atoms. The van der Waals surface area contributed by atoms with Crippen molar-refractivity contribution < 1.29 is 0 Å². The van der Waals surface area contributed by atoms with Gasteiger partial charge in [0.15, 0.2) is 0 Å². The van der Waals surface area contributed by atoms with Crippen LogP contribution in [0.3, 0.4) is 0 Å². The molecule has 2 nitrogen and oxygen atoms in total. The quantitative estimate of drug-likeness (QED) is 0.753. The summed E-state index contributed by atoms with van der Waals surface area (Å²) in [6, 6.07) is 0.775. The van der Waals surface area contributed by atoms with Gasteiger partial charge >= 0.3 is 0 Å². The number of nitrogens with one attached hydrogen (secondary N) is 1. The Balaban J connectivity index is 1.36. The van der Waals surface area contributed by atoms with E-state index in [1.54, 1.807) is 0 Å². The van der Waals surface area contributed by atoms with Gasteiger partial charge in [0.2, 0.25) is 0 Å². The Hall–Kier alpha value is -0.340. The van der Waals surface area contributed by atoms with Gasteiger partial charge in [-0.1, -0.05) is 12.2 Å². The molecule has 3 rings (SSSR count). The molecule has 0 aromatic heterocycles. The maximum Gasteiger partial charge on any atom is 0.0161 e. The van der Waals surface area contributed by atoms with Gasteiger partial charge in [0.05, 0.1) is 0 Å². The molecule has 3 fully saturated rings. The molecule has 0 aromatic carbocycles. The number of hydrogen-bond acceptors (Lipinski definition) is 2. The summed E-state index contributed by atoms with van der Waals surface area (Å²) < 4.78 is 0. The van der Waals surface area contributed by atoms with Crippen molar-refractivity contribution in [1.82, 2.24) is 10.2 Å². The van der Waals surface area contributed by atoms with Crippen molar-refractivity contribution in [3.63, 3.8) is 0 Å². The standard InChI is InChI=1S/C16H28N2/c1-13(2)11-17-15-9-16(10-15)5-7-18(8-6-16)12-14-3-4-14/h14-15,17H,1,3-12H2,2H3. The lowest BCUT2D eigenvalue weighted by Crippen LogP contribution is -2.54. The summed E-state index contributed by atoms with van der Waals surface area (Å²) in [7, 11) is 0. The van der Waals surface area contributed by atoms with Gasteiger partial charge in [-0.3, -0.25) is 0 Å². The number of nitrogens with zero attached hydrogens (tertiary/aromatic N) is 1. The third-order valence-electron chi connectivity index (χ3n) is 5.18. The summed E-state index contributed by atoms with van der Waals surface area (Å²) >= 11 is 0. The van der Waals surface area contributed by atoms with Gasteiger partial charge in [0.1, 0.15) is 0 Å². The minimum Gasteiger partial charge on any atom is -0.310 e. The molecule has 1 heterocycles. The molecule has 102 valence electrons. The minimum atomic E-state index is 0.715. The molecule has 1 aliphatic heterocycles. The van der Waals surface area contributed by atoms with Crippen LogP contribution in [0.4, 0.5) is 0 Å². The summed E-state index contributed by atoms with van der Waals surface area (Å²) in [5, 5.41) is 3.63. The molecule has 0 aromatic rings. The molecule has 2 heteroatoms. The Labute approximate surface area is 112 Å². The largest absolute Gasteiger partial charge is 0.310 e. The van der Waals surface area contributed by atoms with Crippen LogP contribution in [0, 0.1) is 11.3 Å². The van der Waals surface area contributed by atoms with E-state index in [1.807, 2.05) is 0 Å². The van der Waals surface area contributed by atoms with Crippen molar-refractivity contribution in [3.05, 3.63) is 12.2 Å². The van der Waals surface area contributed by atoms with E-state index in [4.69, 9.17) is 0 Å². The molecule has 3 aliphatic rings. The van der Waals surface area contributed by atoms with Crippen molar-refractivity contribution in [2.24, 2.45) is 11.3 Å². The molecule has 0 radical (unpaired) electrons. The normalized spacial score (nSPS) is 28.3. The van der Waals surface area contributed by atoms with E-state index in [1.165, 1.54) is 63.7 Å². The fourth-order valence-corrected chi connectivity index (χ4v) is 3.73. The number of likely N-dealkylation sites (tertiary alicyclic amines) is 1. The minimum absolute atomic E-state index is 0.715. The monoisotopic (exact) mass is 248 g/mol. The predicted octanol–water partition coefficient (Wildman–Crippen LogP) is 2.81. The zero-order chi connectivity index (χ0) is 12.6. The second-order valence-electron chi connectivity index (χ2n) is 7.19. The van der Waals surface area contributed by atoms with Gasteiger partial charge in [0.25, 0.3) is 0 Å². The highest BCUT2D eigenvalue weighted by molar-refractivity contribution is 5.02. The van der Waals surface area contributed by atoms with Gasteiger partial charge in [-0.15, -0.1) is 0 Å². The number of piperidine rings is 1. The Bertz CT molecular complexity index is 303. The summed E-state index contributed by atoms with van der Waals surface area (Å²) in [5.74, 6) is 1.06. The fraction of sp³-hybridized carbons (Fsp3) is 0.875. The highest BCUT2D eigenvalue weighted by Gasteiger charge is 2.45. The maximum absolute atomic E-state index is 3.96. The van der Waals surface area contributed by atoms with Crippen molar-refractivity contribution in [3.8, 4) is 0 Å². The zero-order valence-corrected chi connectivity index (χ0v) is 11.9. The lowest BCUT2D eigenvalue weighted by Gasteiger charge is -2.52. The van der Waals surface area contributed by atoms with Crippen LogP contribution >= 0.6 is 0 Å². The van der Waals surface area contributed by atoms with Crippen LogP contribution in [0.15, 0.2) is 12.2 Å². The summed E-state index contributed by atoms with van der Waals surface area (Å²) in [4.78, 5) is 2.72. The van der Waals surface area contributed by atoms with Crippen molar-refractivity contribution in [2.45, 2.75) is 51.5 Å². The van der Waals surface area contributed by atoms with E-state index in [9.17, 15) is 0 Å². The summed E-state index contributed by atoms with van der Waals surface area (Å²) in [6.45, 7) is 11.2. The van der Waals surface area contributed by atoms with Crippen molar-refractivity contribution in [2.75, 3.05) is 26.2 Å². The van der Waals surface area contributed by atoms with Crippen LogP contribution in [0.5, 0.6) is 0 Å². The average molecular weight is 248 g/mol. The first-order chi connectivity index (χ1) is 8.65. The van der Waals surface area contributed by atoms with E-state index < -0.39 is 0 Å². The number of rotatable bonds is 5. The third kappa shape index (κ3) is 2.97. The lowest BCUT2D eigenvalue weighted by molar-refractivity contribution is 0.00588. The molecule has 0 unspecified atom stereocenters. The lowest BCUT2D eigenvalue weighted by atomic mass is 9.60. The molecule has 0 atom stereocenters. The van der Waals surface area contributed by atoms with E-state index in [0.29, 0.717) is 5.41 Å².